The fourth-order valence-electron chi connectivity index (χ4n) is 4.88. The van der Waals surface area contributed by atoms with E-state index in [1.807, 2.05) is 33.8 Å². The predicted octanol–water partition coefficient (Wildman–Crippen LogP) is 2.77. The number of phenols is 1. The summed E-state index contributed by atoms with van der Waals surface area (Å²) in [6.45, 7) is 12.1. The second kappa shape index (κ2) is 11.2. The third-order valence-electron chi connectivity index (χ3n) is 7.27. The van der Waals surface area contributed by atoms with Crippen LogP contribution in [0, 0.1) is 5.92 Å². The van der Waals surface area contributed by atoms with E-state index in [0.717, 1.165) is 0 Å². The van der Waals surface area contributed by atoms with Crippen LogP contribution in [-0.4, -0.2) is 91.1 Å². The summed E-state index contributed by atoms with van der Waals surface area (Å²) in [5, 5.41) is 11.5. The quantitative estimate of drug-likeness (QED) is 0.469. The second-order valence-corrected chi connectivity index (χ2v) is 10.2. The summed E-state index contributed by atoms with van der Waals surface area (Å²) < 4.78 is 23.3. The smallest absolute Gasteiger partial charge is 0.309 e. The molecule has 3 aliphatic rings. The number of nitrogens with zero attached hydrogens (tertiary/aromatic N) is 2. The van der Waals surface area contributed by atoms with Crippen molar-refractivity contribution in [1.29, 1.82) is 0 Å². The SMILES string of the molecule is CCC(C)C(=O)OC1C(N2CCOCC2)c2c(ccc(/C=C/C(=O)N3CCOCC3)c2O)OC1(C)C. The number of benzene rings is 1. The van der Waals surface area contributed by atoms with Crippen molar-refractivity contribution in [2.75, 3.05) is 52.6 Å². The van der Waals surface area contributed by atoms with E-state index < -0.39 is 17.7 Å². The number of carbonyl (C=O) groups excluding carboxylic acids is 2. The molecule has 3 unspecified atom stereocenters. The number of phenolic OH excluding ortho intramolecular Hbond substituents is 1. The minimum atomic E-state index is -0.824. The molecule has 1 aromatic rings. The van der Waals surface area contributed by atoms with Gasteiger partial charge in [0.25, 0.3) is 0 Å². The number of ether oxygens (including phenoxy) is 4. The fraction of sp³-hybridized carbons (Fsp3) is 0.630. The molecule has 198 valence electrons. The summed E-state index contributed by atoms with van der Waals surface area (Å²) in [6, 6.07) is 3.13. The molecule has 3 heterocycles. The molecule has 1 aromatic carbocycles. The van der Waals surface area contributed by atoms with Crippen molar-refractivity contribution in [3.05, 3.63) is 29.3 Å². The van der Waals surface area contributed by atoms with E-state index in [0.29, 0.717) is 75.9 Å². The highest BCUT2D eigenvalue weighted by atomic mass is 16.6. The van der Waals surface area contributed by atoms with Crippen LogP contribution < -0.4 is 4.74 Å². The maximum absolute atomic E-state index is 12.9. The molecule has 1 amide bonds. The van der Waals surface area contributed by atoms with Crippen molar-refractivity contribution in [1.82, 2.24) is 9.80 Å². The molecule has 1 N–H and O–H groups in total. The number of fused-ring (bicyclic) bond motifs is 1. The first kappa shape index (κ1) is 26.4. The predicted molar refractivity (Wildman–Crippen MR) is 134 cm³/mol. The van der Waals surface area contributed by atoms with Gasteiger partial charge in [0.2, 0.25) is 5.91 Å². The van der Waals surface area contributed by atoms with Crippen LogP contribution in [-0.2, 0) is 23.8 Å². The normalized spacial score (nSPS) is 25.2. The highest BCUT2D eigenvalue weighted by Gasteiger charge is 2.50. The first-order chi connectivity index (χ1) is 17.2. The summed E-state index contributed by atoms with van der Waals surface area (Å²) in [6.07, 6.45) is 3.13. The van der Waals surface area contributed by atoms with Gasteiger partial charge in [-0.25, -0.2) is 0 Å². The minimum absolute atomic E-state index is 0.0232. The number of morpholine rings is 2. The van der Waals surface area contributed by atoms with Gasteiger partial charge in [-0.15, -0.1) is 0 Å². The lowest BCUT2D eigenvalue weighted by Gasteiger charge is -2.48. The third-order valence-corrected chi connectivity index (χ3v) is 7.27. The monoisotopic (exact) mass is 502 g/mol. The van der Waals surface area contributed by atoms with Crippen LogP contribution >= 0.6 is 0 Å². The summed E-state index contributed by atoms with van der Waals surface area (Å²) in [4.78, 5) is 29.4. The molecule has 3 aliphatic heterocycles. The number of aromatic hydroxyl groups is 1. The van der Waals surface area contributed by atoms with E-state index in [-0.39, 0.29) is 23.5 Å². The highest BCUT2D eigenvalue weighted by molar-refractivity contribution is 5.92. The molecule has 2 saturated heterocycles. The van der Waals surface area contributed by atoms with Crippen LogP contribution in [0.15, 0.2) is 18.2 Å². The number of hydrogen-bond acceptors (Lipinski definition) is 8. The largest absolute Gasteiger partial charge is 0.507 e. The Balaban J connectivity index is 1.70. The summed E-state index contributed by atoms with van der Waals surface area (Å²) >= 11 is 0. The molecule has 0 aromatic heterocycles. The van der Waals surface area contributed by atoms with E-state index in [4.69, 9.17) is 18.9 Å². The Labute approximate surface area is 212 Å². The highest BCUT2D eigenvalue weighted by Crippen LogP contribution is 2.49. The molecular weight excluding hydrogens is 464 g/mol. The van der Waals surface area contributed by atoms with Gasteiger partial charge in [-0.3, -0.25) is 14.5 Å². The average molecular weight is 503 g/mol. The molecule has 36 heavy (non-hydrogen) atoms. The van der Waals surface area contributed by atoms with Crippen molar-refractivity contribution in [3.63, 3.8) is 0 Å². The lowest BCUT2D eigenvalue weighted by Crippen LogP contribution is -2.57. The van der Waals surface area contributed by atoms with Crippen molar-refractivity contribution >= 4 is 18.0 Å². The maximum Gasteiger partial charge on any atom is 0.309 e. The summed E-state index contributed by atoms with van der Waals surface area (Å²) in [5.41, 5.74) is 0.248. The van der Waals surface area contributed by atoms with Gasteiger partial charge in [0.05, 0.1) is 44.0 Å². The van der Waals surface area contributed by atoms with Crippen LogP contribution in [0.4, 0.5) is 0 Å². The molecule has 2 fully saturated rings. The Morgan fingerprint density at radius 3 is 2.42 bits per heavy atom. The van der Waals surface area contributed by atoms with Crippen LogP contribution in [0.25, 0.3) is 6.08 Å². The summed E-state index contributed by atoms with van der Waals surface area (Å²) in [5.74, 6) is -0.0939. The van der Waals surface area contributed by atoms with Gasteiger partial charge in [-0.2, -0.15) is 0 Å². The molecule has 0 bridgehead atoms. The Hall–Kier alpha value is -2.62. The van der Waals surface area contributed by atoms with Gasteiger partial charge < -0.3 is 29.0 Å². The first-order valence-electron chi connectivity index (χ1n) is 12.8. The Kier molecular flexibility index (Phi) is 8.22. The summed E-state index contributed by atoms with van der Waals surface area (Å²) in [7, 11) is 0. The van der Waals surface area contributed by atoms with E-state index in [2.05, 4.69) is 4.90 Å². The Morgan fingerprint density at radius 1 is 1.14 bits per heavy atom. The number of carbonyl (C=O) groups is 2. The van der Waals surface area contributed by atoms with Gasteiger partial charge in [-0.05, 0) is 38.5 Å². The van der Waals surface area contributed by atoms with Gasteiger partial charge in [0.15, 0.2) is 6.10 Å². The average Bonchev–Trinajstić information content (AvgIpc) is 2.89. The van der Waals surface area contributed by atoms with E-state index in [1.54, 1.807) is 17.0 Å². The Morgan fingerprint density at radius 2 is 1.78 bits per heavy atom. The van der Waals surface area contributed by atoms with Crippen LogP contribution in [0.2, 0.25) is 0 Å². The van der Waals surface area contributed by atoms with Crippen LogP contribution in [0.3, 0.4) is 0 Å². The minimum Gasteiger partial charge on any atom is -0.507 e. The zero-order valence-electron chi connectivity index (χ0n) is 21.7. The molecule has 4 rings (SSSR count). The second-order valence-electron chi connectivity index (χ2n) is 10.2. The number of esters is 1. The first-order valence-corrected chi connectivity index (χ1v) is 12.8. The third kappa shape index (κ3) is 5.53. The van der Waals surface area contributed by atoms with Gasteiger partial charge >= 0.3 is 5.97 Å². The number of amides is 1. The van der Waals surface area contributed by atoms with Crippen molar-refractivity contribution in [2.45, 2.75) is 51.9 Å². The maximum atomic E-state index is 12.9. The molecule has 0 spiro atoms. The molecule has 0 aliphatic carbocycles. The fourth-order valence-corrected chi connectivity index (χ4v) is 4.88. The number of hydrogen-bond donors (Lipinski definition) is 1. The molecule has 3 atom stereocenters. The molecule has 9 heteroatoms. The lowest BCUT2D eigenvalue weighted by molar-refractivity contribution is -0.178. The van der Waals surface area contributed by atoms with E-state index in [1.165, 1.54) is 6.08 Å². The topological polar surface area (TPSA) is 97.8 Å². The molecule has 9 nitrogen and oxygen atoms in total. The zero-order valence-corrected chi connectivity index (χ0v) is 21.7. The van der Waals surface area contributed by atoms with Crippen LogP contribution in [0.1, 0.15) is 51.3 Å². The van der Waals surface area contributed by atoms with E-state index >= 15 is 0 Å². The van der Waals surface area contributed by atoms with Gasteiger partial charge in [0.1, 0.15) is 17.1 Å². The van der Waals surface area contributed by atoms with Crippen molar-refractivity contribution in [2.24, 2.45) is 5.92 Å². The van der Waals surface area contributed by atoms with Crippen LogP contribution in [0.5, 0.6) is 11.5 Å². The molecule has 0 saturated carbocycles. The Bertz CT molecular complexity index is 981. The standard InChI is InChI=1S/C27H38N2O7/c1-5-18(2)26(32)35-25-23(29-12-16-34-17-13-29)22-20(36-27(25,3)4)8-6-19(24(22)31)7-9-21(30)28-10-14-33-15-11-28/h6-9,18,23,25,31H,5,10-17H2,1-4H3/b9-7+. The molecule has 0 radical (unpaired) electrons. The van der Waals surface area contributed by atoms with Crippen molar-refractivity contribution in [3.8, 4) is 11.5 Å². The zero-order chi connectivity index (χ0) is 25.9. The van der Waals surface area contributed by atoms with Gasteiger partial charge in [-0.1, -0.05) is 13.8 Å². The van der Waals surface area contributed by atoms with Crippen molar-refractivity contribution < 1.29 is 33.6 Å². The van der Waals surface area contributed by atoms with Gasteiger partial charge in [0, 0.05) is 37.8 Å². The molecular formula is C27H38N2O7. The number of rotatable bonds is 6. The lowest BCUT2D eigenvalue weighted by atomic mass is 9.83. The van der Waals surface area contributed by atoms with E-state index in [9.17, 15) is 14.7 Å².